The molecule has 0 unspecified atom stereocenters. The lowest BCUT2D eigenvalue weighted by Gasteiger charge is -2.12. The summed E-state index contributed by atoms with van der Waals surface area (Å²) < 4.78 is 36.7. The van der Waals surface area contributed by atoms with Crippen LogP contribution in [0.1, 0.15) is 17.9 Å². The van der Waals surface area contributed by atoms with Crippen LogP contribution in [0.2, 0.25) is 5.82 Å². The number of hydrogen-bond donors (Lipinski definition) is 0. The number of hydrogen-bond acceptors (Lipinski definition) is 0. The van der Waals surface area contributed by atoms with E-state index in [1.165, 1.54) is 0 Å². The van der Waals surface area contributed by atoms with Crippen molar-refractivity contribution in [3.05, 3.63) is 35.9 Å². The fourth-order valence-corrected chi connectivity index (χ4v) is 1.72. The minimum atomic E-state index is -4.62. The van der Waals surface area contributed by atoms with E-state index in [4.69, 9.17) is 0 Å². The summed E-state index contributed by atoms with van der Waals surface area (Å²) in [5.74, 6) is -1.30. The van der Waals surface area contributed by atoms with Crippen molar-refractivity contribution in [2.24, 2.45) is 0 Å². The Morgan fingerprint density at radius 3 is 2.15 bits per heavy atom. The molecule has 2 rings (SSSR count). The van der Waals surface area contributed by atoms with Gasteiger partial charge in [0.2, 0.25) is 0 Å². The summed E-state index contributed by atoms with van der Waals surface area (Å²) in [6, 6.07) is 8.93. The first-order chi connectivity index (χ1) is 6.09. The number of benzene rings is 1. The molecule has 0 N–H and O–H groups in total. The Balaban J connectivity index is 2.09. The Kier molecular flexibility index (Phi) is 1.86. The molecule has 0 heterocycles. The van der Waals surface area contributed by atoms with Crippen LogP contribution in [0.15, 0.2) is 30.3 Å². The second-order valence-corrected chi connectivity index (χ2v) is 3.54. The van der Waals surface area contributed by atoms with E-state index in [1.807, 2.05) is 6.07 Å². The number of rotatable bonds is 2. The van der Waals surface area contributed by atoms with Crippen molar-refractivity contribution < 1.29 is 12.9 Å². The first-order valence-corrected chi connectivity index (χ1v) is 4.34. The summed E-state index contributed by atoms with van der Waals surface area (Å²) in [5, 5.41) is 0. The molecule has 2 atom stereocenters. The van der Waals surface area contributed by atoms with E-state index in [9.17, 15) is 12.9 Å². The van der Waals surface area contributed by atoms with E-state index in [1.54, 1.807) is 24.3 Å². The summed E-state index contributed by atoms with van der Waals surface area (Å²) in [4.78, 5) is 0. The summed E-state index contributed by atoms with van der Waals surface area (Å²) in [7, 11) is 0. The van der Waals surface area contributed by atoms with Crippen molar-refractivity contribution in [2.75, 3.05) is 0 Å². The third kappa shape index (κ3) is 1.71. The highest BCUT2D eigenvalue weighted by atomic mass is 19.4. The van der Waals surface area contributed by atoms with Crippen LogP contribution >= 0.6 is 0 Å². The van der Waals surface area contributed by atoms with Gasteiger partial charge in [0.25, 0.3) is 0 Å². The monoisotopic (exact) mass is 185 g/mol. The molecule has 0 spiro atoms. The molecule has 70 valence electrons. The van der Waals surface area contributed by atoms with Crippen LogP contribution in [0, 0.1) is 0 Å². The fraction of sp³-hybridized carbons (Fsp3) is 0.333. The fourth-order valence-electron chi connectivity index (χ4n) is 1.72. The first kappa shape index (κ1) is 8.66. The topological polar surface area (TPSA) is 0 Å². The Morgan fingerprint density at radius 1 is 1.08 bits per heavy atom. The van der Waals surface area contributed by atoms with E-state index >= 15 is 0 Å². The summed E-state index contributed by atoms with van der Waals surface area (Å²) in [6.07, 6.45) is 0.285. The van der Waals surface area contributed by atoms with Gasteiger partial charge in [0.1, 0.15) is 0 Å². The third-order valence-corrected chi connectivity index (χ3v) is 2.55. The molecule has 0 aliphatic heterocycles. The molecule has 1 fully saturated rings. The van der Waals surface area contributed by atoms with Crippen LogP contribution in [0.3, 0.4) is 0 Å². The number of halogens is 3. The van der Waals surface area contributed by atoms with Crippen LogP contribution in [0.4, 0.5) is 12.9 Å². The highest BCUT2D eigenvalue weighted by molar-refractivity contribution is 6.61. The maximum Gasteiger partial charge on any atom is 0.481 e. The molecular formula is C9H9BF3-. The van der Waals surface area contributed by atoms with Gasteiger partial charge >= 0.3 is 6.98 Å². The van der Waals surface area contributed by atoms with Gasteiger partial charge in [-0.05, 0) is 11.5 Å². The molecule has 1 aromatic carbocycles. The zero-order valence-electron chi connectivity index (χ0n) is 6.96. The van der Waals surface area contributed by atoms with Crippen molar-refractivity contribution in [1.82, 2.24) is 0 Å². The van der Waals surface area contributed by atoms with Crippen molar-refractivity contribution in [2.45, 2.75) is 18.2 Å². The second-order valence-electron chi connectivity index (χ2n) is 3.54. The zero-order valence-corrected chi connectivity index (χ0v) is 6.96. The van der Waals surface area contributed by atoms with E-state index in [2.05, 4.69) is 0 Å². The van der Waals surface area contributed by atoms with Crippen molar-refractivity contribution >= 4 is 6.98 Å². The predicted octanol–water partition coefficient (Wildman–Crippen LogP) is 3.39. The molecular weight excluding hydrogens is 176 g/mol. The molecule has 0 nitrogen and oxygen atoms in total. The van der Waals surface area contributed by atoms with Gasteiger partial charge in [0.05, 0.1) is 0 Å². The van der Waals surface area contributed by atoms with E-state index in [0.717, 1.165) is 5.56 Å². The molecule has 0 bridgehead atoms. The lowest BCUT2D eigenvalue weighted by atomic mass is 9.81. The summed E-state index contributed by atoms with van der Waals surface area (Å²) >= 11 is 0. The quantitative estimate of drug-likeness (QED) is 0.619. The average Bonchev–Trinajstić information content (AvgIpc) is 2.83. The molecule has 1 aliphatic carbocycles. The highest BCUT2D eigenvalue weighted by Crippen LogP contribution is 2.59. The van der Waals surface area contributed by atoms with Gasteiger partial charge < -0.3 is 12.9 Å². The summed E-state index contributed by atoms with van der Waals surface area (Å²) in [6.45, 7) is -4.62. The van der Waals surface area contributed by atoms with Gasteiger partial charge in [-0.1, -0.05) is 42.6 Å². The zero-order chi connectivity index (χ0) is 9.47. The Labute approximate surface area is 74.8 Å². The Hall–Kier alpha value is -0.925. The van der Waals surface area contributed by atoms with Crippen LogP contribution in [0.25, 0.3) is 0 Å². The second kappa shape index (κ2) is 2.79. The standard InChI is InChI=1S/C9H9BF3/c11-10(12,13)9-6-8(9)7-4-2-1-3-5-7/h1-5,8-9H,6H2/q-1/t8-,9+/m0/s1. The molecule has 13 heavy (non-hydrogen) atoms. The van der Waals surface area contributed by atoms with Crippen molar-refractivity contribution in [1.29, 1.82) is 0 Å². The first-order valence-electron chi connectivity index (χ1n) is 4.34. The molecule has 0 amide bonds. The minimum Gasteiger partial charge on any atom is -0.449 e. The molecule has 0 aromatic heterocycles. The SMILES string of the molecule is F[B-](F)(F)[C@@H]1C[C@H]1c1ccccc1. The third-order valence-electron chi connectivity index (χ3n) is 2.55. The molecule has 4 heteroatoms. The smallest absolute Gasteiger partial charge is 0.449 e. The average molecular weight is 185 g/mol. The van der Waals surface area contributed by atoms with Gasteiger partial charge in [0, 0.05) is 0 Å². The van der Waals surface area contributed by atoms with Crippen LogP contribution in [-0.2, 0) is 0 Å². The Bertz CT molecular complexity index is 293. The predicted molar refractivity (Wildman–Crippen MR) is 46.6 cm³/mol. The van der Waals surface area contributed by atoms with Crippen LogP contribution in [-0.4, -0.2) is 6.98 Å². The Morgan fingerprint density at radius 2 is 1.69 bits per heavy atom. The van der Waals surface area contributed by atoms with Crippen molar-refractivity contribution in [3.63, 3.8) is 0 Å². The van der Waals surface area contributed by atoms with Gasteiger partial charge in [0.15, 0.2) is 0 Å². The van der Waals surface area contributed by atoms with Gasteiger partial charge in [-0.15, -0.1) is 0 Å². The van der Waals surface area contributed by atoms with Crippen molar-refractivity contribution in [3.8, 4) is 0 Å². The van der Waals surface area contributed by atoms with E-state index in [-0.39, 0.29) is 12.3 Å². The van der Waals surface area contributed by atoms with E-state index < -0.39 is 12.8 Å². The molecule has 1 saturated carbocycles. The molecule has 0 radical (unpaired) electrons. The minimum absolute atomic E-state index is 0.263. The van der Waals surface area contributed by atoms with E-state index in [0.29, 0.717) is 0 Å². The lowest BCUT2D eigenvalue weighted by molar-refractivity contribution is 0.463. The van der Waals surface area contributed by atoms with Gasteiger partial charge in [-0.3, -0.25) is 0 Å². The largest absolute Gasteiger partial charge is 0.481 e. The molecule has 0 saturated heterocycles. The maximum atomic E-state index is 12.2. The molecule has 1 aliphatic rings. The van der Waals surface area contributed by atoms with Gasteiger partial charge in [-0.2, -0.15) is 0 Å². The normalized spacial score (nSPS) is 27.3. The van der Waals surface area contributed by atoms with Crippen LogP contribution in [0.5, 0.6) is 0 Å². The highest BCUT2D eigenvalue weighted by Gasteiger charge is 2.50. The summed E-state index contributed by atoms with van der Waals surface area (Å²) in [5.41, 5.74) is 0.826. The maximum absolute atomic E-state index is 12.2. The molecule has 1 aromatic rings. The van der Waals surface area contributed by atoms with Crippen LogP contribution < -0.4 is 0 Å². The van der Waals surface area contributed by atoms with Gasteiger partial charge in [-0.25, -0.2) is 0 Å². The lowest BCUT2D eigenvalue weighted by Crippen LogP contribution is -2.15.